The fourth-order valence-corrected chi connectivity index (χ4v) is 3.78. The molecule has 0 amide bonds. The summed E-state index contributed by atoms with van der Waals surface area (Å²) in [5, 5.41) is 13.2. The van der Waals surface area contributed by atoms with Gasteiger partial charge in [-0.3, -0.25) is 4.90 Å². The normalized spacial score (nSPS) is 30.6. The molecule has 0 radical (unpaired) electrons. The summed E-state index contributed by atoms with van der Waals surface area (Å²) in [6.07, 6.45) is 16.9. The highest BCUT2D eigenvalue weighted by Gasteiger charge is 2.25. The molecule has 0 aromatic carbocycles. The minimum atomic E-state index is 0.416. The second kappa shape index (κ2) is 9.38. The predicted molar refractivity (Wildman–Crippen MR) is 84.6 cm³/mol. The van der Waals surface area contributed by atoms with Crippen LogP contribution in [-0.4, -0.2) is 35.0 Å². The minimum absolute atomic E-state index is 0.416. The maximum Gasteiger partial charge on any atom is 0.0742 e. The molecule has 2 fully saturated rings. The molecular formula is C17H32N2O. The van der Waals surface area contributed by atoms with E-state index in [1.54, 1.807) is 0 Å². The molecule has 1 N–H and O–H groups in total. The van der Waals surface area contributed by atoms with Gasteiger partial charge in [0.1, 0.15) is 0 Å². The highest BCUT2D eigenvalue weighted by Crippen LogP contribution is 2.22. The van der Waals surface area contributed by atoms with Crippen LogP contribution in [0, 0.1) is 0 Å². The first kappa shape index (κ1) is 15.8. The lowest BCUT2D eigenvalue weighted by atomic mass is 9.94. The molecule has 1 unspecified atom stereocenters. The molecule has 2 aliphatic rings. The SMILES string of the molecule is ON=C1CCCCCCCCCCC1N1CCCCC1. The second-order valence-corrected chi connectivity index (χ2v) is 6.57. The number of likely N-dealkylation sites (tertiary alicyclic amines) is 1. The average Bonchev–Trinajstić information content (AvgIpc) is 2.49. The van der Waals surface area contributed by atoms with E-state index in [1.807, 2.05) is 0 Å². The number of nitrogens with zero attached hydrogens (tertiary/aromatic N) is 2. The van der Waals surface area contributed by atoms with Gasteiger partial charge in [0.05, 0.1) is 11.8 Å². The molecule has 0 spiro atoms. The van der Waals surface area contributed by atoms with Gasteiger partial charge in [-0.1, -0.05) is 56.5 Å². The molecule has 1 saturated carbocycles. The average molecular weight is 280 g/mol. The van der Waals surface area contributed by atoms with E-state index < -0.39 is 0 Å². The molecule has 20 heavy (non-hydrogen) atoms. The number of hydrogen-bond acceptors (Lipinski definition) is 3. The zero-order valence-electron chi connectivity index (χ0n) is 13.0. The molecule has 1 aliphatic carbocycles. The number of piperidine rings is 1. The van der Waals surface area contributed by atoms with Crippen molar-refractivity contribution in [3.8, 4) is 0 Å². The van der Waals surface area contributed by atoms with E-state index in [0.29, 0.717) is 6.04 Å². The van der Waals surface area contributed by atoms with E-state index in [2.05, 4.69) is 10.1 Å². The topological polar surface area (TPSA) is 35.8 Å². The fourth-order valence-electron chi connectivity index (χ4n) is 3.78. The molecule has 116 valence electrons. The Balaban J connectivity index is 1.96. The molecule has 0 aromatic rings. The summed E-state index contributed by atoms with van der Waals surface area (Å²) in [5.41, 5.74) is 1.06. The van der Waals surface area contributed by atoms with Gasteiger partial charge < -0.3 is 5.21 Å². The van der Waals surface area contributed by atoms with E-state index in [0.717, 1.165) is 12.1 Å². The van der Waals surface area contributed by atoms with Gasteiger partial charge in [-0.25, -0.2) is 0 Å². The lowest BCUT2D eigenvalue weighted by Gasteiger charge is -2.35. The van der Waals surface area contributed by atoms with Gasteiger partial charge in [0, 0.05) is 0 Å². The van der Waals surface area contributed by atoms with E-state index in [4.69, 9.17) is 0 Å². The quantitative estimate of drug-likeness (QED) is 0.563. The second-order valence-electron chi connectivity index (χ2n) is 6.57. The van der Waals surface area contributed by atoms with Crippen LogP contribution in [0.25, 0.3) is 0 Å². The van der Waals surface area contributed by atoms with Crippen molar-refractivity contribution in [1.82, 2.24) is 4.90 Å². The molecule has 3 heteroatoms. The van der Waals surface area contributed by atoms with Crippen molar-refractivity contribution in [3.05, 3.63) is 0 Å². The Morgan fingerprint density at radius 1 is 0.750 bits per heavy atom. The molecule has 0 bridgehead atoms. The maximum atomic E-state index is 9.46. The highest BCUT2D eigenvalue weighted by molar-refractivity contribution is 5.89. The summed E-state index contributed by atoms with van der Waals surface area (Å²) in [7, 11) is 0. The Morgan fingerprint density at radius 2 is 1.30 bits per heavy atom. The van der Waals surface area contributed by atoms with Crippen molar-refractivity contribution in [3.63, 3.8) is 0 Å². The van der Waals surface area contributed by atoms with Crippen LogP contribution in [-0.2, 0) is 0 Å². The number of oxime groups is 1. The summed E-state index contributed by atoms with van der Waals surface area (Å²) in [6.45, 7) is 2.40. The van der Waals surface area contributed by atoms with E-state index >= 15 is 0 Å². The van der Waals surface area contributed by atoms with Crippen LogP contribution in [0.5, 0.6) is 0 Å². The monoisotopic (exact) mass is 280 g/mol. The lowest BCUT2D eigenvalue weighted by Crippen LogP contribution is -2.44. The van der Waals surface area contributed by atoms with Gasteiger partial charge in [-0.15, -0.1) is 0 Å². The van der Waals surface area contributed by atoms with E-state index in [-0.39, 0.29) is 0 Å². The Kier molecular flexibility index (Phi) is 7.42. The maximum absolute atomic E-state index is 9.46. The molecule has 1 heterocycles. The smallest absolute Gasteiger partial charge is 0.0742 e. The number of hydrogen-bond donors (Lipinski definition) is 1. The van der Waals surface area contributed by atoms with Crippen LogP contribution in [0.3, 0.4) is 0 Å². The Bertz CT molecular complexity index is 285. The molecule has 1 atom stereocenters. The molecule has 1 saturated heterocycles. The first-order chi connectivity index (χ1) is 9.92. The van der Waals surface area contributed by atoms with Crippen molar-refractivity contribution in [2.75, 3.05) is 13.1 Å². The van der Waals surface area contributed by atoms with Crippen LogP contribution in [0.15, 0.2) is 5.16 Å². The van der Waals surface area contributed by atoms with E-state index in [1.165, 1.54) is 90.1 Å². The van der Waals surface area contributed by atoms with Crippen molar-refractivity contribution in [1.29, 1.82) is 0 Å². The Morgan fingerprint density at radius 3 is 1.95 bits per heavy atom. The summed E-state index contributed by atoms with van der Waals surface area (Å²) in [4.78, 5) is 2.59. The molecular weight excluding hydrogens is 248 g/mol. The summed E-state index contributed by atoms with van der Waals surface area (Å²) in [6, 6.07) is 0.416. The van der Waals surface area contributed by atoms with Gasteiger partial charge in [-0.05, 0) is 45.2 Å². The van der Waals surface area contributed by atoms with Gasteiger partial charge in [-0.2, -0.15) is 0 Å². The zero-order valence-corrected chi connectivity index (χ0v) is 13.0. The van der Waals surface area contributed by atoms with Gasteiger partial charge >= 0.3 is 0 Å². The van der Waals surface area contributed by atoms with Gasteiger partial charge in [0.2, 0.25) is 0 Å². The molecule has 1 aliphatic heterocycles. The molecule has 0 aromatic heterocycles. The molecule has 3 nitrogen and oxygen atoms in total. The van der Waals surface area contributed by atoms with Crippen LogP contribution in [0.2, 0.25) is 0 Å². The van der Waals surface area contributed by atoms with E-state index in [9.17, 15) is 5.21 Å². The number of rotatable bonds is 1. The third-order valence-corrected chi connectivity index (χ3v) is 5.00. The zero-order chi connectivity index (χ0) is 14.0. The predicted octanol–water partition coefficient (Wildman–Crippen LogP) is 4.59. The van der Waals surface area contributed by atoms with Crippen LogP contribution in [0.1, 0.15) is 83.5 Å². The van der Waals surface area contributed by atoms with Crippen LogP contribution in [0.4, 0.5) is 0 Å². The largest absolute Gasteiger partial charge is 0.411 e. The van der Waals surface area contributed by atoms with Crippen LogP contribution >= 0.6 is 0 Å². The Hall–Kier alpha value is -0.570. The van der Waals surface area contributed by atoms with Gasteiger partial charge in [0.15, 0.2) is 0 Å². The fraction of sp³-hybridized carbons (Fsp3) is 0.941. The Labute approximate surface area is 124 Å². The summed E-state index contributed by atoms with van der Waals surface area (Å²) >= 11 is 0. The third-order valence-electron chi connectivity index (χ3n) is 5.00. The van der Waals surface area contributed by atoms with Gasteiger partial charge in [0.25, 0.3) is 0 Å². The first-order valence-electron chi connectivity index (χ1n) is 8.86. The van der Waals surface area contributed by atoms with Crippen LogP contribution < -0.4 is 0 Å². The summed E-state index contributed by atoms with van der Waals surface area (Å²) < 4.78 is 0. The first-order valence-corrected chi connectivity index (χ1v) is 8.86. The van der Waals surface area contributed by atoms with Crippen molar-refractivity contribution >= 4 is 5.71 Å². The summed E-state index contributed by atoms with van der Waals surface area (Å²) in [5.74, 6) is 0. The van der Waals surface area contributed by atoms with Crippen molar-refractivity contribution in [2.45, 2.75) is 89.5 Å². The third kappa shape index (κ3) is 5.08. The van der Waals surface area contributed by atoms with Crippen molar-refractivity contribution in [2.24, 2.45) is 5.16 Å². The van der Waals surface area contributed by atoms with Crippen molar-refractivity contribution < 1.29 is 5.21 Å². The highest BCUT2D eigenvalue weighted by atomic mass is 16.4. The lowest BCUT2D eigenvalue weighted by molar-refractivity contribution is 0.185. The molecule has 2 rings (SSSR count). The standard InChI is InChI=1S/C17H32N2O/c20-18-16-12-8-5-3-1-2-4-6-9-13-17(16)19-14-10-7-11-15-19/h17,20H,1-15H2. The minimum Gasteiger partial charge on any atom is -0.411 e.